The Morgan fingerprint density at radius 1 is 1.03 bits per heavy atom. The Kier molecular flexibility index (Phi) is 6.60. The van der Waals surface area contributed by atoms with Gasteiger partial charge in [-0.05, 0) is 61.1 Å². The number of amides is 4. The zero-order valence-corrected chi connectivity index (χ0v) is 17.5. The number of aryl methyl sites for hydroxylation is 2. The Balaban J connectivity index is 1.31. The van der Waals surface area contributed by atoms with Gasteiger partial charge in [-0.1, -0.05) is 31.4 Å². The van der Waals surface area contributed by atoms with E-state index >= 15 is 0 Å². The number of carbonyl (C=O) groups is 3. The lowest BCUT2D eigenvalue weighted by Gasteiger charge is -2.28. The summed E-state index contributed by atoms with van der Waals surface area (Å²) in [5.74, 6) is -0.562. The van der Waals surface area contributed by atoms with E-state index in [4.69, 9.17) is 0 Å². The van der Waals surface area contributed by atoms with Crippen molar-refractivity contribution >= 4 is 23.5 Å². The van der Waals surface area contributed by atoms with Crippen LogP contribution in [-0.4, -0.2) is 39.8 Å². The average Bonchev–Trinajstić information content (AvgIpc) is 3.06. The third-order valence-corrected chi connectivity index (χ3v) is 6.04. The normalized spacial score (nSPS) is 19.4. The number of aromatic nitrogens is 1. The Labute approximate surface area is 182 Å². The van der Waals surface area contributed by atoms with Crippen LogP contribution in [0.5, 0.6) is 0 Å². The largest absolute Gasteiger partial charge is 0.326 e. The second-order valence-electron chi connectivity index (χ2n) is 8.31. The van der Waals surface area contributed by atoms with Crippen LogP contribution in [0.3, 0.4) is 0 Å². The molecule has 2 N–H and O–H groups in total. The van der Waals surface area contributed by atoms with Gasteiger partial charge < -0.3 is 10.6 Å². The van der Waals surface area contributed by atoms with Crippen molar-refractivity contribution in [1.82, 2.24) is 15.2 Å². The number of hydrogen-bond donors (Lipinski definition) is 2. The smallest absolute Gasteiger partial charge is 0.325 e. The van der Waals surface area contributed by atoms with Crippen molar-refractivity contribution in [2.75, 3.05) is 5.32 Å². The van der Waals surface area contributed by atoms with Gasteiger partial charge in [-0.25, -0.2) is 4.79 Å². The number of urea groups is 1. The first-order valence-corrected chi connectivity index (χ1v) is 11.0. The van der Waals surface area contributed by atoms with E-state index in [2.05, 4.69) is 15.6 Å². The first-order valence-electron chi connectivity index (χ1n) is 11.0. The fourth-order valence-electron chi connectivity index (χ4n) is 4.41. The highest BCUT2D eigenvalue weighted by atomic mass is 16.2. The summed E-state index contributed by atoms with van der Waals surface area (Å²) >= 11 is 0. The van der Waals surface area contributed by atoms with Crippen LogP contribution >= 0.6 is 0 Å². The van der Waals surface area contributed by atoms with Crippen LogP contribution in [0.25, 0.3) is 0 Å². The van der Waals surface area contributed by atoms with Gasteiger partial charge in [0.05, 0.1) is 6.42 Å². The van der Waals surface area contributed by atoms with Crippen molar-refractivity contribution in [1.29, 1.82) is 0 Å². The van der Waals surface area contributed by atoms with E-state index in [0.717, 1.165) is 50.5 Å². The lowest BCUT2D eigenvalue weighted by Crippen LogP contribution is -2.42. The fourth-order valence-corrected chi connectivity index (χ4v) is 4.41. The van der Waals surface area contributed by atoms with Crippen LogP contribution < -0.4 is 10.6 Å². The van der Waals surface area contributed by atoms with E-state index < -0.39 is 6.04 Å². The Bertz CT molecular complexity index is 941. The standard InChI is InChI=1S/C24H28N4O3/c29-22(16-21-23(30)28(24(31)27-21)20-7-2-1-3-8-20)26-19-6-4-5-18(15-19)10-9-17-11-13-25-14-12-17/h4-6,11-15,20-21H,1-3,7-10,16H2,(H,26,29)(H,27,31)/t21-/m0/s1. The Hall–Kier alpha value is -3.22. The van der Waals surface area contributed by atoms with Gasteiger partial charge in [0.1, 0.15) is 6.04 Å². The molecular formula is C24H28N4O3. The van der Waals surface area contributed by atoms with Crippen molar-refractivity contribution < 1.29 is 14.4 Å². The van der Waals surface area contributed by atoms with Crippen LogP contribution in [-0.2, 0) is 22.4 Å². The van der Waals surface area contributed by atoms with Crippen molar-refractivity contribution in [3.63, 3.8) is 0 Å². The minimum absolute atomic E-state index is 0.0358. The summed E-state index contributed by atoms with van der Waals surface area (Å²) in [4.78, 5) is 43.0. The molecule has 2 fully saturated rings. The predicted octanol–water partition coefficient (Wildman–Crippen LogP) is 3.45. The number of nitrogens with zero attached hydrogens (tertiary/aromatic N) is 2. The number of carbonyl (C=O) groups excluding carboxylic acids is 3. The molecule has 1 aliphatic heterocycles. The molecule has 0 spiro atoms. The number of pyridine rings is 1. The summed E-state index contributed by atoms with van der Waals surface area (Å²) in [7, 11) is 0. The molecule has 1 aliphatic carbocycles. The monoisotopic (exact) mass is 420 g/mol. The highest BCUT2D eigenvalue weighted by Gasteiger charge is 2.42. The second-order valence-corrected chi connectivity index (χ2v) is 8.31. The van der Waals surface area contributed by atoms with Gasteiger partial charge >= 0.3 is 6.03 Å². The first kappa shape index (κ1) is 21.0. The molecule has 31 heavy (non-hydrogen) atoms. The third-order valence-electron chi connectivity index (χ3n) is 6.04. The summed E-state index contributed by atoms with van der Waals surface area (Å²) in [5.41, 5.74) is 3.02. The maximum absolute atomic E-state index is 12.7. The Morgan fingerprint density at radius 3 is 2.55 bits per heavy atom. The third kappa shape index (κ3) is 5.29. The molecular weight excluding hydrogens is 392 g/mol. The number of benzene rings is 1. The molecule has 0 unspecified atom stereocenters. The molecule has 1 aromatic heterocycles. The van der Waals surface area contributed by atoms with Gasteiger partial charge in [0.2, 0.25) is 5.91 Å². The molecule has 1 atom stereocenters. The first-order chi connectivity index (χ1) is 15.1. The summed E-state index contributed by atoms with van der Waals surface area (Å²) in [6.07, 6.45) is 10.2. The number of hydrogen-bond acceptors (Lipinski definition) is 4. The van der Waals surface area contributed by atoms with Gasteiger partial charge in [-0.15, -0.1) is 0 Å². The Morgan fingerprint density at radius 2 is 1.77 bits per heavy atom. The average molecular weight is 421 g/mol. The van der Waals surface area contributed by atoms with Crippen LogP contribution in [0.4, 0.5) is 10.5 Å². The molecule has 0 radical (unpaired) electrons. The SMILES string of the molecule is O=C(C[C@@H]1NC(=O)N(C2CCCCC2)C1=O)Nc1cccc(CCc2ccncc2)c1. The van der Waals surface area contributed by atoms with Crippen molar-refractivity contribution in [2.45, 2.75) is 63.5 Å². The van der Waals surface area contributed by atoms with Crippen LogP contribution in [0, 0.1) is 0 Å². The van der Waals surface area contributed by atoms with E-state index in [1.54, 1.807) is 12.4 Å². The fraction of sp³-hybridized carbons (Fsp3) is 0.417. The summed E-state index contributed by atoms with van der Waals surface area (Å²) in [6.45, 7) is 0. The summed E-state index contributed by atoms with van der Waals surface area (Å²) in [5, 5.41) is 5.56. The predicted molar refractivity (Wildman–Crippen MR) is 117 cm³/mol. The molecule has 162 valence electrons. The second kappa shape index (κ2) is 9.73. The lowest BCUT2D eigenvalue weighted by molar-refractivity contribution is -0.131. The van der Waals surface area contributed by atoms with Crippen molar-refractivity contribution in [3.8, 4) is 0 Å². The number of anilines is 1. The lowest BCUT2D eigenvalue weighted by atomic mass is 9.94. The molecule has 2 heterocycles. The summed E-state index contributed by atoms with van der Waals surface area (Å²) < 4.78 is 0. The van der Waals surface area contributed by atoms with Gasteiger partial charge in [0.15, 0.2) is 0 Å². The number of imide groups is 1. The van der Waals surface area contributed by atoms with Gasteiger partial charge in [0.25, 0.3) is 5.91 Å². The molecule has 2 aliphatic rings. The maximum atomic E-state index is 12.7. The van der Waals surface area contributed by atoms with Crippen molar-refractivity contribution in [2.24, 2.45) is 0 Å². The molecule has 2 aromatic rings. The minimum Gasteiger partial charge on any atom is -0.326 e. The zero-order valence-electron chi connectivity index (χ0n) is 17.5. The van der Waals surface area contributed by atoms with Gasteiger partial charge in [0, 0.05) is 24.1 Å². The highest BCUT2D eigenvalue weighted by molar-refractivity contribution is 6.07. The van der Waals surface area contributed by atoms with E-state index in [-0.39, 0.29) is 30.3 Å². The molecule has 4 rings (SSSR count). The highest BCUT2D eigenvalue weighted by Crippen LogP contribution is 2.26. The van der Waals surface area contributed by atoms with E-state index in [9.17, 15) is 14.4 Å². The molecule has 7 nitrogen and oxygen atoms in total. The van der Waals surface area contributed by atoms with E-state index in [0.29, 0.717) is 5.69 Å². The zero-order chi connectivity index (χ0) is 21.6. The quantitative estimate of drug-likeness (QED) is 0.671. The van der Waals surface area contributed by atoms with Gasteiger partial charge in [-0.3, -0.25) is 19.5 Å². The summed E-state index contributed by atoms with van der Waals surface area (Å²) in [6, 6.07) is 10.5. The van der Waals surface area contributed by atoms with E-state index in [1.165, 1.54) is 10.5 Å². The molecule has 7 heteroatoms. The topological polar surface area (TPSA) is 91.4 Å². The van der Waals surface area contributed by atoms with Crippen molar-refractivity contribution in [3.05, 3.63) is 59.9 Å². The van der Waals surface area contributed by atoms with Crippen LogP contribution in [0.1, 0.15) is 49.7 Å². The van der Waals surface area contributed by atoms with Crippen LogP contribution in [0.15, 0.2) is 48.8 Å². The number of nitrogens with one attached hydrogen (secondary N) is 2. The molecule has 1 aromatic carbocycles. The molecule has 4 amide bonds. The molecule has 0 bridgehead atoms. The minimum atomic E-state index is -0.788. The number of rotatable bonds is 7. The molecule has 1 saturated heterocycles. The van der Waals surface area contributed by atoms with E-state index in [1.807, 2.05) is 36.4 Å². The van der Waals surface area contributed by atoms with Crippen LogP contribution in [0.2, 0.25) is 0 Å². The maximum Gasteiger partial charge on any atom is 0.325 e. The van der Waals surface area contributed by atoms with Gasteiger partial charge in [-0.2, -0.15) is 0 Å². The molecule has 1 saturated carbocycles.